The first kappa shape index (κ1) is 32.5. The van der Waals surface area contributed by atoms with Gasteiger partial charge in [-0.05, 0) is 72.5 Å². The fourth-order valence-corrected chi connectivity index (χ4v) is 9.03. The summed E-state index contributed by atoms with van der Waals surface area (Å²) < 4.78 is 71.0. The van der Waals surface area contributed by atoms with Crippen molar-refractivity contribution in [2.45, 2.75) is 57.0 Å². The number of aryl methyl sites for hydroxylation is 3. The summed E-state index contributed by atoms with van der Waals surface area (Å²) in [5, 5.41) is 12.3. The van der Waals surface area contributed by atoms with E-state index in [1.165, 1.54) is 36.6 Å². The van der Waals surface area contributed by atoms with E-state index in [9.17, 15) is 13.6 Å². The lowest BCUT2D eigenvalue weighted by atomic mass is 9.93. The van der Waals surface area contributed by atoms with Gasteiger partial charge in [-0.3, -0.25) is 9.78 Å². The highest BCUT2D eigenvalue weighted by Crippen LogP contribution is 2.52. The Morgan fingerprint density at radius 2 is 1.87 bits per heavy atom. The van der Waals surface area contributed by atoms with Crippen LogP contribution < -0.4 is 10.1 Å². The van der Waals surface area contributed by atoms with Crippen molar-refractivity contribution in [2.24, 2.45) is 0 Å². The molecule has 1 saturated heterocycles. The van der Waals surface area contributed by atoms with Gasteiger partial charge in [0.15, 0.2) is 23.9 Å². The molecule has 264 valence electrons. The first-order valence-corrected chi connectivity index (χ1v) is 17.8. The van der Waals surface area contributed by atoms with Crippen LogP contribution in [0.4, 0.5) is 23.4 Å². The number of halogens is 4. The molecule has 0 saturated carbocycles. The van der Waals surface area contributed by atoms with E-state index in [0.29, 0.717) is 68.8 Å². The summed E-state index contributed by atoms with van der Waals surface area (Å²) in [6, 6.07) is 11.2. The fourth-order valence-electron chi connectivity index (χ4n) is 7.87. The highest BCUT2D eigenvalue weighted by Gasteiger charge is 2.46. The third-order valence-electron chi connectivity index (χ3n) is 10.2. The Balaban J connectivity index is 1.20. The standard InChI is InChI=1S/C38H30F4N6O3S/c1-17-46-47-37(51-17)27-23(12-7-18-5-8-20(39)9-6-18)44-33-24-4-3-15-48(24)38(49)29(33)28(27)25-16-19-13-14-43-36(35(19)52-25)45-32-21-10-11-22(40)34(50-2)26(21)30(41)31(32)42/h5-6,8-11,13-14,16,24,30-32H,3-4,7,12,15H2,1-2H3,(H,43,45)/t24-,30+,31+,32-/m0/s1. The van der Waals surface area contributed by atoms with Gasteiger partial charge in [-0.25, -0.2) is 22.5 Å². The molecule has 6 aromatic rings. The van der Waals surface area contributed by atoms with Crippen LogP contribution in [0.15, 0.2) is 59.1 Å². The normalized spacial score (nSPS) is 20.4. The van der Waals surface area contributed by atoms with E-state index in [1.54, 1.807) is 31.3 Å². The van der Waals surface area contributed by atoms with Gasteiger partial charge in [0, 0.05) is 35.7 Å². The number of hydrogen-bond acceptors (Lipinski definition) is 9. The number of amides is 1. The molecular weight excluding hydrogens is 697 g/mol. The number of fused-ring (bicyclic) bond motifs is 5. The molecule has 9 rings (SSSR count). The second-order valence-electron chi connectivity index (χ2n) is 13.2. The van der Waals surface area contributed by atoms with Gasteiger partial charge in [-0.15, -0.1) is 21.5 Å². The van der Waals surface area contributed by atoms with Gasteiger partial charge in [-0.2, -0.15) is 0 Å². The van der Waals surface area contributed by atoms with E-state index < -0.39 is 24.2 Å². The Morgan fingerprint density at radius 1 is 1.04 bits per heavy atom. The number of benzene rings is 2. The lowest BCUT2D eigenvalue weighted by Crippen LogP contribution is -2.22. The van der Waals surface area contributed by atoms with Gasteiger partial charge in [0.1, 0.15) is 11.6 Å². The Kier molecular flexibility index (Phi) is 7.75. The van der Waals surface area contributed by atoms with Crippen LogP contribution in [0.25, 0.3) is 32.0 Å². The molecule has 4 atom stereocenters. The second-order valence-corrected chi connectivity index (χ2v) is 14.3. The topological polar surface area (TPSA) is 106 Å². The van der Waals surface area contributed by atoms with Gasteiger partial charge in [0.05, 0.1) is 46.4 Å². The number of ether oxygens (including phenoxy) is 1. The average molecular weight is 727 g/mol. The first-order chi connectivity index (χ1) is 25.2. The largest absolute Gasteiger partial charge is 0.493 e. The molecule has 0 spiro atoms. The number of pyridine rings is 2. The van der Waals surface area contributed by atoms with Crippen molar-refractivity contribution in [1.29, 1.82) is 0 Å². The summed E-state index contributed by atoms with van der Waals surface area (Å²) in [4.78, 5) is 26.4. The van der Waals surface area contributed by atoms with Crippen LogP contribution in [0.5, 0.6) is 5.75 Å². The van der Waals surface area contributed by atoms with Crippen LogP contribution in [-0.2, 0) is 12.8 Å². The Bertz CT molecular complexity index is 2400. The first-order valence-electron chi connectivity index (χ1n) is 16.9. The molecule has 3 aliphatic rings. The predicted octanol–water partition coefficient (Wildman–Crippen LogP) is 8.59. The van der Waals surface area contributed by atoms with Crippen LogP contribution in [0.2, 0.25) is 0 Å². The molecule has 0 radical (unpaired) electrons. The van der Waals surface area contributed by atoms with E-state index in [0.717, 1.165) is 29.9 Å². The molecule has 0 bridgehead atoms. The molecule has 2 aromatic carbocycles. The quantitative estimate of drug-likeness (QED) is 0.156. The molecule has 1 amide bonds. The zero-order chi connectivity index (χ0) is 35.8. The number of anilines is 1. The zero-order valence-corrected chi connectivity index (χ0v) is 28.7. The number of carbonyl (C=O) groups excluding carboxylic acids is 1. The summed E-state index contributed by atoms with van der Waals surface area (Å²) in [5.74, 6) is -0.701. The summed E-state index contributed by atoms with van der Waals surface area (Å²) in [5.41, 5.74) is 3.96. The smallest absolute Gasteiger partial charge is 0.257 e. The summed E-state index contributed by atoms with van der Waals surface area (Å²) >= 11 is 1.33. The van der Waals surface area contributed by atoms with Gasteiger partial charge >= 0.3 is 0 Å². The van der Waals surface area contributed by atoms with Crippen LogP contribution in [0, 0.1) is 18.6 Å². The molecule has 6 heterocycles. The van der Waals surface area contributed by atoms with Crippen LogP contribution in [-0.4, -0.2) is 50.8 Å². The number of nitrogens with zero attached hydrogens (tertiary/aromatic N) is 5. The molecule has 1 N–H and O–H groups in total. The van der Waals surface area contributed by atoms with Crippen molar-refractivity contribution in [3.8, 4) is 27.6 Å². The molecule has 4 aromatic heterocycles. The van der Waals surface area contributed by atoms with Crippen LogP contribution in [0.3, 0.4) is 0 Å². The Morgan fingerprint density at radius 3 is 2.63 bits per heavy atom. The number of aromatic nitrogens is 4. The van der Waals surface area contributed by atoms with Crippen LogP contribution >= 0.6 is 11.3 Å². The van der Waals surface area contributed by atoms with Crippen molar-refractivity contribution < 1.29 is 31.5 Å². The van der Waals surface area contributed by atoms with E-state index in [-0.39, 0.29) is 40.5 Å². The maximum Gasteiger partial charge on any atom is 0.257 e. The maximum absolute atomic E-state index is 15.7. The molecule has 1 fully saturated rings. The van der Waals surface area contributed by atoms with E-state index in [1.807, 2.05) is 11.0 Å². The van der Waals surface area contributed by atoms with Crippen molar-refractivity contribution in [3.63, 3.8) is 0 Å². The zero-order valence-electron chi connectivity index (χ0n) is 27.9. The van der Waals surface area contributed by atoms with E-state index in [4.69, 9.17) is 14.1 Å². The molecular formula is C38H30F4N6O3S. The molecule has 2 aliphatic heterocycles. The predicted molar refractivity (Wildman–Crippen MR) is 186 cm³/mol. The lowest BCUT2D eigenvalue weighted by molar-refractivity contribution is 0.0776. The average Bonchev–Trinajstić information content (AvgIpc) is 3.97. The Labute approximate surface area is 298 Å². The Hall–Kier alpha value is -5.37. The number of methoxy groups -OCH3 is 1. The van der Waals surface area contributed by atoms with Gasteiger partial charge in [0.2, 0.25) is 11.8 Å². The number of alkyl halides is 2. The third-order valence-corrected chi connectivity index (χ3v) is 11.4. The van der Waals surface area contributed by atoms with Crippen LogP contribution in [0.1, 0.15) is 75.4 Å². The van der Waals surface area contributed by atoms with Crippen molar-refractivity contribution >= 4 is 33.1 Å². The minimum atomic E-state index is -2.11. The number of hydrogen-bond donors (Lipinski definition) is 1. The van der Waals surface area contributed by atoms with Gasteiger partial charge in [0.25, 0.3) is 5.91 Å². The lowest BCUT2D eigenvalue weighted by Gasteiger charge is -2.18. The molecule has 0 unspecified atom stereocenters. The summed E-state index contributed by atoms with van der Waals surface area (Å²) in [7, 11) is 1.22. The number of rotatable bonds is 8. The third kappa shape index (κ3) is 5.06. The van der Waals surface area contributed by atoms with E-state index >= 15 is 8.78 Å². The van der Waals surface area contributed by atoms with E-state index in [2.05, 4.69) is 20.5 Å². The van der Waals surface area contributed by atoms with Crippen molar-refractivity contribution in [2.75, 3.05) is 19.0 Å². The fraction of sp³-hybridized carbons (Fsp3) is 0.289. The number of thiophene rings is 1. The molecule has 9 nitrogen and oxygen atoms in total. The summed E-state index contributed by atoms with van der Waals surface area (Å²) in [6.07, 6.45) is 0.0502. The molecule has 14 heteroatoms. The highest BCUT2D eigenvalue weighted by molar-refractivity contribution is 7.23. The number of nitrogens with one attached hydrogen (secondary N) is 1. The van der Waals surface area contributed by atoms with Crippen molar-refractivity contribution in [1.82, 2.24) is 25.1 Å². The minimum absolute atomic E-state index is 0.130. The second kappa shape index (κ2) is 12.4. The monoisotopic (exact) mass is 726 g/mol. The highest BCUT2D eigenvalue weighted by atomic mass is 32.1. The molecule has 52 heavy (non-hydrogen) atoms. The van der Waals surface area contributed by atoms with Gasteiger partial charge in [-0.1, -0.05) is 18.2 Å². The summed E-state index contributed by atoms with van der Waals surface area (Å²) in [6.45, 7) is 2.30. The SMILES string of the molecule is COc1c(F)ccc2c1[C@@H](F)[C@@H](F)[C@H]2Nc1nccc2cc(-c3c4c(nc(CCc5ccc(F)cc5)c3-c3nnc(C)o3)[C@@H]3CCCN3C4=O)sc12. The van der Waals surface area contributed by atoms with Crippen molar-refractivity contribution in [3.05, 3.63) is 106 Å². The maximum atomic E-state index is 15.7. The number of carbonyl (C=O) groups is 1. The van der Waals surface area contributed by atoms with Gasteiger partial charge < -0.3 is 19.4 Å². The molecule has 1 aliphatic carbocycles. The minimum Gasteiger partial charge on any atom is -0.493 e.